The molecule has 0 atom stereocenters. The number of ether oxygens (including phenoxy) is 2. The van der Waals surface area contributed by atoms with E-state index in [0.29, 0.717) is 36.0 Å². The number of hydrogen-bond donors (Lipinski definition) is 1. The fourth-order valence-corrected chi connectivity index (χ4v) is 2.29. The highest BCUT2D eigenvalue weighted by atomic mass is 19.1. The van der Waals surface area contributed by atoms with Gasteiger partial charge in [-0.25, -0.2) is 4.39 Å². The first-order valence-corrected chi connectivity index (χ1v) is 7.10. The minimum absolute atomic E-state index is 0.264. The maximum absolute atomic E-state index is 12.9. The molecular formula is C17H16FNO3. The minimum atomic E-state index is -0.343. The Morgan fingerprint density at radius 3 is 2.41 bits per heavy atom. The van der Waals surface area contributed by atoms with Gasteiger partial charge in [0.25, 0.3) is 5.91 Å². The number of fused-ring (bicyclic) bond motifs is 1. The topological polar surface area (TPSA) is 47.6 Å². The van der Waals surface area contributed by atoms with Crippen LogP contribution in [0, 0.1) is 12.7 Å². The van der Waals surface area contributed by atoms with E-state index < -0.39 is 0 Å². The molecule has 2 aromatic carbocycles. The zero-order valence-electron chi connectivity index (χ0n) is 12.2. The van der Waals surface area contributed by atoms with E-state index in [-0.39, 0.29) is 11.7 Å². The molecule has 1 aliphatic rings. The van der Waals surface area contributed by atoms with Crippen LogP contribution in [0.3, 0.4) is 0 Å². The third-order valence-corrected chi connectivity index (χ3v) is 3.44. The van der Waals surface area contributed by atoms with E-state index in [1.165, 1.54) is 24.3 Å². The van der Waals surface area contributed by atoms with Crippen molar-refractivity contribution in [1.82, 2.24) is 0 Å². The Balaban J connectivity index is 1.85. The van der Waals surface area contributed by atoms with Gasteiger partial charge in [-0.1, -0.05) is 0 Å². The fourth-order valence-electron chi connectivity index (χ4n) is 2.29. The fraction of sp³-hybridized carbons (Fsp3) is 0.235. The number of benzene rings is 2. The van der Waals surface area contributed by atoms with Crippen molar-refractivity contribution in [3.8, 4) is 11.5 Å². The summed E-state index contributed by atoms with van der Waals surface area (Å²) in [6.07, 6.45) is 0.810. The number of hydrogen-bond acceptors (Lipinski definition) is 3. The van der Waals surface area contributed by atoms with Crippen molar-refractivity contribution < 1.29 is 18.7 Å². The number of aryl methyl sites for hydroxylation is 1. The molecule has 0 saturated carbocycles. The number of rotatable bonds is 2. The van der Waals surface area contributed by atoms with E-state index >= 15 is 0 Å². The van der Waals surface area contributed by atoms with Gasteiger partial charge in [0.15, 0.2) is 11.5 Å². The Bertz CT molecular complexity index is 698. The Morgan fingerprint density at radius 2 is 1.73 bits per heavy atom. The normalized spacial score (nSPS) is 13.4. The van der Waals surface area contributed by atoms with E-state index in [9.17, 15) is 9.18 Å². The summed E-state index contributed by atoms with van der Waals surface area (Å²) in [4.78, 5) is 12.4. The largest absolute Gasteiger partial charge is 0.490 e. The Hall–Kier alpha value is -2.56. The van der Waals surface area contributed by atoms with Gasteiger partial charge in [0.1, 0.15) is 5.82 Å². The molecule has 0 aliphatic carbocycles. The molecule has 0 fully saturated rings. The Morgan fingerprint density at radius 1 is 1.09 bits per heavy atom. The second kappa shape index (κ2) is 6.05. The molecule has 0 bridgehead atoms. The molecule has 114 valence electrons. The molecule has 0 radical (unpaired) electrons. The van der Waals surface area contributed by atoms with E-state index in [4.69, 9.17) is 9.47 Å². The molecule has 22 heavy (non-hydrogen) atoms. The number of carbonyl (C=O) groups excluding carboxylic acids is 1. The van der Waals surface area contributed by atoms with Crippen LogP contribution in [-0.4, -0.2) is 19.1 Å². The summed E-state index contributed by atoms with van der Waals surface area (Å²) in [7, 11) is 0. The van der Waals surface area contributed by atoms with E-state index in [0.717, 1.165) is 12.0 Å². The standard InChI is InChI=1S/C17H16FNO3/c1-11-9-15-16(22-8-2-7-21-15)10-14(11)17(20)19-13-5-3-12(18)4-6-13/h3-6,9-10H,2,7-8H2,1H3,(H,19,20). The molecule has 0 saturated heterocycles. The van der Waals surface area contributed by atoms with Gasteiger partial charge in [-0.15, -0.1) is 0 Å². The quantitative estimate of drug-likeness (QED) is 0.923. The first-order valence-electron chi connectivity index (χ1n) is 7.10. The highest BCUT2D eigenvalue weighted by molar-refractivity contribution is 6.05. The Labute approximate surface area is 127 Å². The van der Waals surface area contributed by atoms with Crippen molar-refractivity contribution >= 4 is 11.6 Å². The minimum Gasteiger partial charge on any atom is -0.490 e. The molecule has 5 heteroatoms. The molecule has 0 aromatic heterocycles. The summed E-state index contributed by atoms with van der Waals surface area (Å²) in [5, 5.41) is 2.75. The molecule has 0 spiro atoms. The third kappa shape index (κ3) is 3.03. The van der Waals surface area contributed by atoms with Crippen LogP contribution in [0.25, 0.3) is 0 Å². The molecule has 1 N–H and O–H groups in total. The number of carbonyl (C=O) groups is 1. The van der Waals surface area contributed by atoms with Crippen LogP contribution in [0.15, 0.2) is 36.4 Å². The molecular weight excluding hydrogens is 285 g/mol. The van der Waals surface area contributed by atoms with Gasteiger partial charge in [-0.05, 0) is 48.9 Å². The third-order valence-electron chi connectivity index (χ3n) is 3.44. The zero-order valence-corrected chi connectivity index (χ0v) is 12.2. The van der Waals surface area contributed by atoms with Crippen molar-refractivity contribution in [3.63, 3.8) is 0 Å². The SMILES string of the molecule is Cc1cc2c(cc1C(=O)Nc1ccc(F)cc1)OCCCO2. The lowest BCUT2D eigenvalue weighted by Crippen LogP contribution is -2.13. The van der Waals surface area contributed by atoms with Gasteiger partial charge < -0.3 is 14.8 Å². The average molecular weight is 301 g/mol. The number of amides is 1. The summed E-state index contributed by atoms with van der Waals surface area (Å²) in [5.41, 5.74) is 1.84. The van der Waals surface area contributed by atoms with Crippen molar-refractivity contribution in [2.24, 2.45) is 0 Å². The summed E-state index contributed by atoms with van der Waals surface area (Å²) in [6, 6.07) is 9.14. The van der Waals surface area contributed by atoms with Crippen molar-refractivity contribution in [2.75, 3.05) is 18.5 Å². The number of halogens is 1. The van der Waals surface area contributed by atoms with Crippen LogP contribution in [0.2, 0.25) is 0 Å². The van der Waals surface area contributed by atoms with E-state index in [1.54, 1.807) is 12.1 Å². The molecule has 2 aromatic rings. The maximum Gasteiger partial charge on any atom is 0.256 e. The number of nitrogens with one attached hydrogen (secondary N) is 1. The summed E-state index contributed by atoms with van der Waals surface area (Å²) < 4.78 is 24.1. The first kappa shape index (κ1) is 14.4. The zero-order chi connectivity index (χ0) is 15.5. The van der Waals surface area contributed by atoms with E-state index in [1.807, 2.05) is 6.92 Å². The molecule has 1 heterocycles. The molecule has 1 amide bonds. The smallest absolute Gasteiger partial charge is 0.256 e. The molecule has 3 rings (SSSR count). The van der Waals surface area contributed by atoms with Gasteiger partial charge in [0.05, 0.1) is 13.2 Å². The maximum atomic E-state index is 12.9. The van der Waals surface area contributed by atoms with Crippen LogP contribution in [0.4, 0.5) is 10.1 Å². The second-order valence-electron chi connectivity index (χ2n) is 5.13. The van der Waals surface area contributed by atoms with Gasteiger partial charge in [-0.2, -0.15) is 0 Å². The van der Waals surface area contributed by atoms with Gasteiger partial charge in [0.2, 0.25) is 0 Å². The lowest BCUT2D eigenvalue weighted by atomic mass is 10.1. The number of anilines is 1. The van der Waals surface area contributed by atoms with E-state index in [2.05, 4.69) is 5.32 Å². The highest BCUT2D eigenvalue weighted by Crippen LogP contribution is 2.32. The molecule has 0 unspecified atom stereocenters. The highest BCUT2D eigenvalue weighted by Gasteiger charge is 2.17. The van der Waals surface area contributed by atoms with Crippen LogP contribution in [0.1, 0.15) is 22.3 Å². The average Bonchev–Trinajstić information content (AvgIpc) is 2.73. The van der Waals surface area contributed by atoms with Crippen molar-refractivity contribution in [1.29, 1.82) is 0 Å². The van der Waals surface area contributed by atoms with Gasteiger partial charge in [-0.3, -0.25) is 4.79 Å². The predicted octanol–water partition coefficient (Wildman–Crippen LogP) is 3.55. The van der Waals surface area contributed by atoms with Crippen molar-refractivity contribution in [2.45, 2.75) is 13.3 Å². The predicted molar refractivity (Wildman–Crippen MR) is 81.1 cm³/mol. The lowest BCUT2D eigenvalue weighted by Gasteiger charge is -2.12. The molecule has 4 nitrogen and oxygen atoms in total. The molecule has 1 aliphatic heterocycles. The second-order valence-corrected chi connectivity index (χ2v) is 5.13. The first-order chi connectivity index (χ1) is 10.6. The van der Waals surface area contributed by atoms with Crippen LogP contribution in [0.5, 0.6) is 11.5 Å². The summed E-state index contributed by atoms with van der Waals surface area (Å²) >= 11 is 0. The monoisotopic (exact) mass is 301 g/mol. The summed E-state index contributed by atoms with van der Waals surface area (Å²) in [5.74, 6) is 0.630. The Kier molecular flexibility index (Phi) is 3.96. The van der Waals surface area contributed by atoms with Crippen LogP contribution >= 0.6 is 0 Å². The van der Waals surface area contributed by atoms with Gasteiger partial charge >= 0.3 is 0 Å². The van der Waals surface area contributed by atoms with Gasteiger partial charge in [0, 0.05) is 17.7 Å². The van der Waals surface area contributed by atoms with Crippen molar-refractivity contribution in [3.05, 3.63) is 53.3 Å². The summed E-state index contributed by atoms with van der Waals surface area (Å²) in [6.45, 7) is 3.01. The van der Waals surface area contributed by atoms with Crippen LogP contribution < -0.4 is 14.8 Å². The van der Waals surface area contributed by atoms with Crippen LogP contribution in [-0.2, 0) is 0 Å². The lowest BCUT2D eigenvalue weighted by molar-refractivity contribution is 0.102.